The molecule has 1 aromatic carbocycles. The molecule has 0 aliphatic heterocycles. The number of rotatable bonds is 6. The van der Waals surface area contributed by atoms with E-state index in [2.05, 4.69) is 24.4 Å². The van der Waals surface area contributed by atoms with Crippen LogP contribution in [0.1, 0.15) is 35.7 Å². The number of benzene rings is 1. The van der Waals surface area contributed by atoms with Gasteiger partial charge >= 0.3 is 0 Å². The van der Waals surface area contributed by atoms with Crippen molar-refractivity contribution in [2.45, 2.75) is 20.8 Å². The Bertz CT molecular complexity index is 642. The van der Waals surface area contributed by atoms with Crippen molar-refractivity contribution >= 4 is 12.1 Å². The van der Waals surface area contributed by atoms with Crippen molar-refractivity contribution in [2.24, 2.45) is 11.0 Å². The van der Waals surface area contributed by atoms with Crippen LogP contribution in [0.3, 0.4) is 0 Å². The smallest absolute Gasteiger partial charge is 0.271 e. The van der Waals surface area contributed by atoms with E-state index in [1.807, 2.05) is 13.0 Å². The largest absolute Gasteiger partial charge is 0.493 e. The summed E-state index contributed by atoms with van der Waals surface area (Å²) in [5, 5.41) is 3.86. The molecule has 0 aliphatic carbocycles. The minimum atomic E-state index is -0.282. The Hall–Kier alpha value is -2.56. The van der Waals surface area contributed by atoms with E-state index in [0.717, 1.165) is 11.5 Å². The number of carbonyl (C=O) groups is 1. The topological polar surface area (TPSA) is 63.8 Å². The molecule has 2 aromatic rings. The van der Waals surface area contributed by atoms with Crippen molar-refractivity contribution in [3.8, 4) is 5.75 Å². The highest BCUT2D eigenvalue weighted by Crippen LogP contribution is 2.13. The van der Waals surface area contributed by atoms with Gasteiger partial charge in [-0.25, -0.2) is 5.43 Å². The number of hydrazone groups is 1. The van der Waals surface area contributed by atoms with Crippen molar-refractivity contribution in [2.75, 3.05) is 6.61 Å². The first-order valence-electron chi connectivity index (χ1n) is 7.17. The Morgan fingerprint density at radius 2 is 2.00 bits per heavy atom. The summed E-state index contributed by atoms with van der Waals surface area (Å²) in [5.74, 6) is 2.32. The summed E-state index contributed by atoms with van der Waals surface area (Å²) >= 11 is 0. The molecule has 0 unspecified atom stereocenters. The van der Waals surface area contributed by atoms with E-state index in [1.54, 1.807) is 30.3 Å². The number of aryl methyl sites for hydroxylation is 1. The minimum absolute atomic E-state index is 0.282. The quantitative estimate of drug-likeness (QED) is 0.657. The number of ether oxygens (including phenoxy) is 1. The van der Waals surface area contributed by atoms with Gasteiger partial charge < -0.3 is 9.15 Å². The third-order valence-electron chi connectivity index (χ3n) is 2.82. The van der Waals surface area contributed by atoms with Gasteiger partial charge in [-0.05, 0) is 49.2 Å². The molecule has 0 saturated heterocycles. The molecule has 1 aromatic heterocycles. The summed E-state index contributed by atoms with van der Waals surface area (Å²) in [6.07, 6.45) is 1.46. The van der Waals surface area contributed by atoms with Crippen molar-refractivity contribution in [3.05, 3.63) is 53.5 Å². The summed E-state index contributed by atoms with van der Waals surface area (Å²) in [6, 6.07) is 10.6. The normalized spacial score (nSPS) is 11.1. The van der Waals surface area contributed by atoms with E-state index >= 15 is 0 Å². The van der Waals surface area contributed by atoms with Crippen LogP contribution in [0.25, 0.3) is 0 Å². The molecule has 0 aliphatic rings. The molecule has 22 heavy (non-hydrogen) atoms. The summed E-state index contributed by atoms with van der Waals surface area (Å²) < 4.78 is 10.9. The van der Waals surface area contributed by atoms with Gasteiger partial charge in [0.1, 0.15) is 17.3 Å². The number of nitrogens with one attached hydrogen (secondary N) is 1. The molecular weight excluding hydrogens is 280 g/mol. The molecule has 1 heterocycles. The Labute approximate surface area is 130 Å². The average Bonchev–Trinajstić information content (AvgIpc) is 2.91. The lowest BCUT2D eigenvalue weighted by molar-refractivity contribution is 0.0955. The molecule has 0 fully saturated rings. The molecule has 0 spiro atoms. The highest BCUT2D eigenvalue weighted by molar-refractivity contribution is 5.94. The number of amides is 1. The molecule has 0 atom stereocenters. The van der Waals surface area contributed by atoms with Crippen LogP contribution < -0.4 is 10.2 Å². The molecule has 0 bridgehead atoms. The molecule has 1 N–H and O–H groups in total. The van der Waals surface area contributed by atoms with Gasteiger partial charge in [-0.15, -0.1) is 0 Å². The van der Waals surface area contributed by atoms with Crippen molar-refractivity contribution in [1.29, 1.82) is 0 Å². The van der Waals surface area contributed by atoms with Gasteiger partial charge in [-0.1, -0.05) is 13.8 Å². The molecule has 0 radical (unpaired) electrons. The lowest BCUT2D eigenvalue weighted by atomic mass is 10.2. The lowest BCUT2D eigenvalue weighted by Crippen LogP contribution is -2.17. The Kier molecular flexibility index (Phi) is 5.36. The van der Waals surface area contributed by atoms with Gasteiger partial charge in [0.05, 0.1) is 12.8 Å². The van der Waals surface area contributed by atoms with Crippen molar-refractivity contribution in [1.82, 2.24) is 5.43 Å². The van der Waals surface area contributed by atoms with Crippen molar-refractivity contribution < 1.29 is 13.9 Å². The molecule has 1 amide bonds. The Morgan fingerprint density at radius 3 is 2.59 bits per heavy atom. The second kappa shape index (κ2) is 7.45. The van der Waals surface area contributed by atoms with E-state index in [9.17, 15) is 4.79 Å². The average molecular weight is 300 g/mol. The SMILES string of the molecule is Cc1ccc(C=NNC(=O)c2ccc(OCC(C)C)cc2)o1. The summed E-state index contributed by atoms with van der Waals surface area (Å²) in [7, 11) is 0. The zero-order chi connectivity index (χ0) is 15.9. The first-order valence-corrected chi connectivity index (χ1v) is 7.17. The van der Waals surface area contributed by atoms with E-state index < -0.39 is 0 Å². The van der Waals surface area contributed by atoms with Gasteiger partial charge in [0, 0.05) is 5.56 Å². The van der Waals surface area contributed by atoms with Crippen LogP contribution in [-0.2, 0) is 0 Å². The number of nitrogens with zero attached hydrogens (tertiary/aromatic N) is 1. The fourth-order valence-corrected chi connectivity index (χ4v) is 1.71. The zero-order valence-electron chi connectivity index (χ0n) is 13.0. The second-order valence-corrected chi connectivity index (χ2v) is 5.38. The fourth-order valence-electron chi connectivity index (χ4n) is 1.71. The predicted molar refractivity (Wildman–Crippen MR) is 85.3 cm³/mol. The fraction of sp³-hybridized carbons (Fsp3) is 0.294. The van der Waals surface area contributed by atoms with Crippen LogP contribution >= 0.6 is 0 Å². The molecule has 2 rings (SSSR count). The summed E-state index contributed by atoms with van der Waals surface area (Å²) in [6.45, 7) is 6.66. The van der Waals surface area contributed by atoms with Gasteiger partial charge in [0.2, 0.25) is 0 Å². The maximum absolute atomic E-state index is 11.9. The number of hydrogen-bond acceptors (Lipinski definition) is 4. The van der Waals surface area contributed by atoms with E-state index in [4.69, 9.17) is 9.15 Å². The van der Waals surface area contributed by atoms with Gasteiger partial charge in [-0.3, -0.25) is 4.79 Å². The monoisotopic (exact) mass is 300 g/mol. The van der Waals surface area contributed by atoms with Crippen LogP contribution in [0.5, 0.6) is 5.75 Å². The number of carbonyl (C=O) groups excluding carboxylic acids is 1. The molecule has 116 valence electrons. The maximum atomic E-state index is 11.9. The lowest BCUT2D eigenvalue weighted by Gasteiger charge is -2.08. The highest BCUT2D eigenvalue weighted by atomic mass is 16.5. The van der Waals surface area contributed by atoms with Gasteiger partial charge in [0.25, 0.3) is 5.91 Å². The van der Waals surface area contributed by atoms with E-state index in [1.165, 1.54) is 6.21 Å². The second-order valence-electron chi connectivity index (χ2n) is 5.38. The van der Waals surface area contributed by atoms with Crippen molar-refractivity contribution in [3.63, 3.8) is 0 Å². The Balaban J connectivity index is 1.88. The molecular formula is C17H20N2O3. The molecule has 0 saturated carbocycles. The van der Waals surface area contributed by atoms with Gasteiger partial charge in [0.15, 0.2) is 0 Å². The number of furan rings is 1. The molecule has 5 nitrogen and oxygen atoms in total. The predicted octanol–water partition coefficient (Wildman–Crippen LogP) is 3.39. The van der Waals surface area contributed by atoms with E-state index in [0.29, 0.717) is 23.8 Å². The minimum Gasteiger partial charge on any atom is -0.493 e. The highest BCUT2D eigenvalue weighted by Gasteiger charge is 2.05. The van der Waals surface area contributed by atoms with Crippen LogP contribution in [0.4, 0.5) is 0 Å². The standard InChI is InChI=1S/C17H20N2O3/c1-12(2)11-21-15-8-5-14(6-9-15)17(20)19-18-10-16-7-4-13(3)22-16/h4-10,12H,11H2,1-3H3,(H,19,20). The number of hydrogen-bond donors (Lipinski definition) is 1. The first kappa shape index (κ1) is 15.8. The van der Waals surface area contributed by atoms with Crippen LogP contribution in [0.15, 0.2) is 45.9 Å². The zero-order valence-corrected chi connectivity index (χ0v) is 13.0. The van der Waals surface area contributed by atoms with E-state index in [-0.39, 0.29) is 5.91 Å². The maximum Gasteiger partial charge on any atom is 0.271 e. The third-order valence-corrected chi connectivity index (χ3v) is 2.82. The Morgan fingerprint density at radius 1 is 1.27 bits per heavy atom. The van der Waals surface area contributed by atoms with Gasteiger partial charge in [-0.2, -0.15) is 5.10 Å². The van der Waals surface area contributed by atoms with Crippen LogP contribution in [0.2, 0.25) is 0 Å². The third kappa shape index (κ3) is 4.77. The van der Waals surface area contributed by atoms with Crippen LogP contribution in [-0.4, -0.2) is 18.7 Å². The van der Waals surface area contributed by atoms with Crippen LogP contribution in [0, 0.1) is 12.8 Å². The summed E-state index contributed by atoms with van der Waals surface area (Å²) in [4.78, 5) is 11.9. The molecule has 5 heteroatoms. The summed E-state index contributed by atoms with van der Waals surface area (Å²) in [5.41, 5.74) is 2.97. The first-order chi connectivity index (χ1) is 10.5.